The summed E-state index contributed by atoms with van der Waals surface area (Å²) >= 11 is 0. The number of hydrogen-bond donors (Lipinski definition) is 0. The number of anilines is 3. The largest absolute Gasteiger partial charge is 0.456 e. The number of rotatable bonds is 5. The quantitative estimate of drug-likeness (QED) is 0.171. The Labute approximate surface area is 334 Å². The van der Waals surface area contributed by atoms with Gasteiger partial charge in [-0.1, -0.05) is 84.9 Å². The predicted molar refractivity (Wildman–Crippen MR) is 234 cm³/mol. The molecule has 0 bridgehead atoms. The lowest BCUT2D eigenvalue weighted by Gasteiger charge is -2.25. The Morgan fingerprint density at radius 1 is 0.305 bits per heavy atom. The van der Waals surface area contributed by atoms with Crippen LogP contribution >= 0.6 is 0 Å². The second-order valence-corrected chi connectivity index (χ2v) is 14.7. The summed E-state index contributed by atoms with van der Waals surface area (Å²) in [6.45, 7) is 0. The van der Waals surface area contributed by atoms with Gasteiger partial charge in [-0.25, -0.2) is 4.98 Å². The molecule has 0 aliphatic heterocycles. The minimum absolute atomic E-state index is 0.426. The lowest BCUT2D eigenvalue weighted by molar-refractivity contribution is 0.668. The van der Waals surface area contributed by atoms with Crippen molar-refractivity contribution in [2.45, 2.75) is 0 Å². The maximum Gasteiger partial charge on any atom is 0.238 e. The van der Waals surface area contributed by atoms with Crippen LogP contribution in [0.2, 0.25) is 0 Å². The topological polar surface area (TPSA) is 94.5 Å². The molecule has 0 saturated heterocycles. The molecule has 0 aliphatic carbocycles. The summed E-state index contributed by atoms with van der Waals surface area (Å²) < 4.78 is 25.4. The highest BCUT2D eigenvalue weighted by Gasteiger charge is 2.27. The van der Waals surface area contributed by atoms with E-state index in [9.17, 15) is 0 Å². The number of benzene rings is 8. The normalized spacial score (nSPS) is 12.1. The summed E-state index contributed by atoms with van der Waals surface area (Å²) in [7, 11) is 0. The Bertz CT molecular complexity index is 3590. The monoisotopic (exact) mass is 760 g/mol. The molecule has 0 unspecified atom stereocenters. The van der Waals surface area contributed by atoms with Crippen LogP contribution < -0.4 is 4.90 Å². The molecule has 5 heterocycles. The van der Waals surface area contributed by atoms with Crippen molar-refractivity contribution in [2.24, 2.45) is 0 Å². The average Bonchev–Trinajstić information content (AvgIpc) is 4.06. The van der Waals surface area contributed by atoms with Crippen molar-refractivity contribution in [3.63, 3.8) is 0 Å². The van der Waals surface area contributed by atoms with Crippen LogP contribution in [0.5, 0.6) is 0 Å². The molecule has 0 saturated carbocycles. The van der Waals surface area contributed by atoms with E-state index in [4.69, 9.17) is 32.6 Å². The van der Waals surface area contributed by atoms with Gasteiger partial charge in [-0.15, -0.1) is 0 Å². The van der Waals surface area contributed by atoms with Gasteiger partial charge in [0.1, 0.15) is 44.7 Å². The zero-order valence-corrected chi connectivity index (χ0v) is 31.1. The van der Waals surface area contributed by atoms with E-state index in [-0.39, 0.29) is 0 Å². The summed E-state index contributed by atoms with van der Waals surface area (Å²) in [5.41, 5.74) is 9.66. The van der Waals surface area contributed by atoms with Crippen LogP contribution in [0.3, 0.4) is 0 Å². The number of nitrogens with zero attached hydrogens (tertiary/aromatic N) is 4. The molecule has 8 heteroatoms. The molecule has 0 amide bonds. The highest BCUT2D eigenvalue weighted by molar-refractivity contribution is 6.17. The van der Waals surface area contributed by atoms with Crippen molar-refractivity contribution in [1.82, 2.24) is 15.0 Å². The minimum Gasteiger partial charge on any atom is -0.456 e. The summed E-state index contributed by atoms with van der Waals surface area (Å²) in [4.78, 5) is 18.2. The fraction of sp³-hybridized carbons (Fsp3) is 0. The third kappa shape index (κ3) is 4.80. The van der Waals surface area contributed by atoms with Gasteiger partial charge in [0.05, 0.1) is 22.1 Å². The minimum atomic E-state index is 0.426. The molecule has 0 radical (unpaired) electrons. The van der Waals surface area contributed by atoms with Crippen LogP contribution in [-0.2, 0) is 0 Å². The fourth-order valence-electron chi connectivity index (χ4n) is 8.68. The molecule has 0 atom stereocenters. The summed E-state index contributed by atoms with van der Waals surface area (Å²) in [6.07, 6.45) is 0. The summed E-state index contributed by atoms with van der Waals surface area (Å²) in [5, 5.41) is 7.85. The molecule has 0 aliphatic rings. The van der Waals surface area contributed by atoms with Gasteiger partial charge in [0.25, 0.3) is 0 Å². The Balaban J connectivity index is 1.14. The Hall–Kier alpha value is -8.23. The molecule has 8 nitrogen and oxygen atoms in total. The van der Waals surface area contributed by atoms with Gasteiger partial charge >= 0.3 is 0 Å². The van der Waals surface area contributed by atoms with E-state index in [2.05, 4.69) is 53.4 Å². The molecular formula is C51H28N4O4. The van der Waals surface area contributed by atoms with Crippen molar-refractivity contribution in [2.75, 3.05) is 4.90 Å². The Kier molecular flexibility index (Phi) is 6.56. The molecule has 0 fully saturated rings. The van der Waals surface area contributed by atoms with Crippen LogP contribution in [0.15, 0.2) is 188 Å². The van der Waals surface area contributed by atoms with Crippen LogP contribution in [-0.4, -0.2) is 15.0 Å². The van der Waals surface area contributed by atoms with Crippen molar-refractivity contribution >= 4 is 105 Å². The standard InChI is InChI=1S/C51H28N4O4/c1-5-17-39-31(11-1)35-27-29(23-25-43(35)56-39)49-52-50(30-24-26-44-36(28-30)32-12-2-6-18-40(32)57-44)54-51(53-49)55(37-15-9-21-45-47(37)33-13-3-7-19-41(33)58-45)38-16-10-22-46-48(38)34-14-4-8-20-42(34)59-46/h1-28H. The van der Waals surface area contributed by atoms with E-state index in [1.165, 1.54) is 0 Å². The first-order chi connectivity index (χ1) is 29.2. The van der Waals surface area contributed by atoms with E-state index in [0.29, 0.717) is 17.6 Å². The smallest absolute Gasteiger partial charge is 0.238 e. The van der Waals surface area contributed by atoms with Crippen molar-refractivity contribution in [1.29, 1.82) is 0 Å². The van der Waals surface area contributed by atoms with Gasteiger partial charge in [-0.3, -0.25) is 4.90 Å². The third-order valence-electron chi connectivity index (χ3n) is 11.3. The van der Waals surface area contributed by atoms with Gasteiger partial charge in [0.15, 0.2) is 11.6 Å². The van der Waals surface area contributed by atoms with E-state index in [1.807, 2.05) is 121 Å². The number of aromatic nitrogens is 3. The van der Waals surface area contributed by atoms with Crippen molar-refractivity contribution in [3.8, 4) is 22.8 Å². The number of furan rings is 4. The molecule has 13 aromatic rings. The SMILES string of the molecule is c1ccc2c(c1)oc1ccc(-c3nc(-c4ccc5oc6ccccc6c5c4)nc(N(c4cccc5oc6ccccc6c45)c4cccc5oc6ccccc6c45)n3)cc12. The van der Waals surface area contributed by atoms with Gasteiger partial charge < -0.3 is 17.7 Å². The predicted octanol–water partition coefficient (Wildman–Crippen LogP) is 14.3. The van der Waals surface area contributed by atoms with Gasteiger partial charge in [-0.2, -0.15) is 9.97 Å². The number of hydrogen-bond acceptors (Lipinski definition) is 8. The first kappa shape index (κ1) is 31.9. The Morgan fingerprint density at radius 2 is 0.678 bits per heavy atom. The zero-order chi connectivity index (χ0) is 38.6. The van der Waals surface area contributed by atoms with E-state index >= 15 is 0 Å². The zero-order valence-electron chi connectivity index (χ0n) is 31.1. The molecule has 8 aromatic carbocycles. The third-order valence-corrected chi connectivity index (χ3v) is 11.3. The van der Waals surface area contributed by atoms with E-state index < -0.39 is 0 Å². The summed E-state index contributed by atoms with van der Waals surface area (Å²) in [6, 6.07) is 56.8. The van der Waals surface area contributed by atoms with E-state index in [1.54, 1.807) is 0 Å². The van der Waals surface area contributed by atoms with Crippen molar-refractivity contribution < 1.29 is 17.7 Å². The maximum atomic E-state index is 6.46. The first-order valence-electron chi connectivity index (χ1n) is 19.4. The molecule has 13 rings (SSSR count). The highest BCUT2D eigenvalue weighted by atomic mass is 16.3. The van der Waals surface area contributed by atoms with Crippen LogP contribution in [0.4, 0.5) is 17.3 Å². The maximum absolute atomic E-state index is 6.46. The van der Waals surface area contributed by atoms with Gasteiger partial charge in [-0.05, 0) is 84.9 Å². The average molecular weight is 761 g/mol. The van der Waals surface area contributed by atoms with Crippen molar-refractivity contribution in [3.05, 3.63) is 170 Å². The van der Waals surface area contributed by atoms with Crippen LogP contribution in [0, 0.1) is 0 Å². The second-order valence-electron chi connectivity index (χ2n) is 14.7. The van der Waals surface area contributed by atoms with E-state index in [0.717, 1.165) is 110 Å². The molecule has 0 N–H and O–H groups in total. The molecule has 276 valence electrons. The number of fused-ring (bicyclic) bond motifs is 12. The Morgan fingerprint density at radius 3 is 1.15 bits per heavy atom. The molecular weight excluding hydrogens is 733 g/mol. The molecule has 59 heavy (non-hydrogen) atoms. The molecule has 5 aromatic heterocycles. The lowest BCUT2D eigenvalue weighted by Crippen LogP contribution is -2.16. The second kappa shape index (κ2) is 12.1. The van der Waals surface area contributed by atoms with Gasteiger partial charge in [0, 0.05) is 43.4 Å². The van der Waals surface area contributed by atoms with Crippen LogP contribution in [0.25, 0.3) is 111 Å². The first-order valence-corrected chi connectivity index (χ1v) is 19.4. The highest BCUT2D eigenvalue weighted by Crippen LogP contribution is 2.47. The fourth-order valence-corrected chi connectivity index (χ4v) is 8.68. The number of para-hydroxylation sites is 4. The van der Waals surface area contributed by atoms with Gasteiger partial charge in [0.2, 0.25) is 5.95 Å². The van der Waals surface area contributed by atoms with Crippen LogP contribution in [0.1, 0.15) is 0 Å². The summed E-state index contributed by atoms with van der Waals surface area (Å²) in [5.74, 6) is 1.44. The lowest BCUT2D eigenvalue weighted by atomic mass is 10.1. The molecule has 0 spiro atoms.